The molecule has 2 amide bonds. The molecule has 0 saturated heterocycles. The molecule has 8 heteroatoms. The zero-order valence-electron chi connectivity index (χ0n) is 11.1. The van der Waals surface area contributed by atoms with E-state index in [-0.39, 0.29) is 12.5 Å². The summed E-state index contributed by atoms with van der Waals surface area (Å²) in [6.07, 6.45) is 0.397. The molecule has 1 aromatic heterocycles. The lowest BCUT2D eigenvalue weighted by molar-refractivity contribution is -0.140. The van der Waals surface area contributed by atoms with E-state index in [1.165, 1.54) is 0 Å². The SMILES string of the molecule is Cc1noc(CCNC(=O)NC(C(=O)O)C(C)C)n1. The Labute approximate surface area is 110 Å². The van der Waals surface area contributed by atoms with Crippen molar-refractivity contribution >= 4 is 12.0 Å². The molecule has 3 N–H and O–H groups in total. The zero-order chi connectivity index (χ0) is 14.4. The largest absolute Gasteiger partial charge is 0.480 e. The molecule has 1 unspecified atom stereocenters. The van der Waals surface area contributed by atoms with Crippen molar-refractivity contribution in [1.29, 1.82) is 0 Å². The number of carboxylic acid groups (broad SMARTS) is 1. The molecule has 0 aromatic carbocycles. The maximum Gasteiger partial charge on any atom is 0.326 e. The third-order valence-corrected chi connectivity index (χ3v) is 2.41. The van der Waals surface area contributed by atoms with Crippen molar-refractivity contribution < 1.29 is 19.2 Å². The normalized spacial score (nSPS) is 12.2. The Hall–Kier alpha value is -2.12. The molecule has 1 heterocycles. The molecule has 1 aromatic rings. The first-order valence-corrected chi connectivity index (χ1v) is 5.96. The van der Waals surface area contributed by atoms with Gasteiger partial charge in [0.25, 0.3) is 0 Å². The summed E-state index contributed by atoms with van der Waals surface area (Å²) < 4.78 is 4.88. The fourth-order valence-corrected chi connectivity index (χ4v) is 1.43. The Balaban J connectivity index is 2.33. The van der Waals surface area contributed by atoms with E-state index in [9.17, 15) is 9.59 Å². The maximum atomic E-state index is 11.5. The minimum atomic E-state index is -1.06. The highest BCUT2D eigenvalue weighted by atomic mass is 16.5. The van der Waals surface area contributed by atoms with Gasteiger partial charge in [0, 0.05) is 13.0 Å². The molecule has 0 saturated carbocycles. The number of aryl methyl sites for hydroxylation is 1. The average molecular weight is 270 g/mol. The first-order valence-electron chi connectivity index (χ1n) is 5.96. The second-order valence-corrected chi connectivity index (χ2v) is 4.45. The smallest absolute Gasteiger partial charge is 0.326 e. The van der Waals surface area contributed by atoms with Crippen LogP contribution in [-0.4, -0.2) is 39.8 Å². The van der Waals surface area contributed by atoms with Crippen molar-refractivity contribution in [2.45, 2.75) is 33.2 Å². The number of rotatable bonds is 6. The van der Waals surface area contributed by atoms with Gasteiger partial charge in [-0.25, -0.2) is 9.59 Å². The molecule has 0 spiro atoms. The molecule has 0 aliphatic rings. The Morgan fingerprint density at radius 1 is 1.42 bits per heavy atom. The van der Waals surface area contributed by atoms with E-state index in [0.717, 1.165) is 0 Å². The van der Waals surface area contributed by atoms with E-state index < -0.39 is 18.0 Å². The topological polar surface area (TPSA) is 117 Å². The number of carboxylic acids is 1. The van der Waals surface area contributed by atoms with E-state index in [0.29, 0.717) is 18.1 Å². The highest BCUT2D eigenvalue weighted by molar-refractivity contribution is 5.82. The molecule has 0 aliphatic carbocycles. The molecular weight excluding hydrogens is 252 g/mol. The number of aliphatic carboxylic acids is 1. The molecule has 0 bridgehead atoms. The minimum absolute atomic E-state index is 0.193. The number of urea groups is 1. The van der Waals surface area contributed by atoms with Crippen LogP contribution in [0.25, 0.3) is 0 Å². The summed E-state index contributed by atoms with van der Waals surface area (Å²) in [7, 11) is 0. The van der Waals surface area contributed by atoms with Gasteiger partial charge in [-0.2, -0.15) is 4.98 Å². The van der Waals surface area contributed by atoms with Crippen LogP contribution in [0.15, 0.2) is 4.52 Å². The molecule has 1 rings (SSSR count). The molecule has 0 aliphatic heterocycles. The van der Waals surface area contributed by atoms with Crippen molar-refractivity contribution in [2.24, 2.45) is 5.92 Å². The number of nitrogens with zero attached hydrogens (tertiary/aromatic N) is 2. The van der Waals surface area contributed by atoms with Crippen molar-refractivity contribution in [3.05, 3.63) is 11.7 Å². The molecule has 1 atom stereocenters. The van der Waals surface area contributed by atoms with Crippen molar-refractivity contribution in [1.82, 2.24) is 20.8 Å². The van der Waals surface area contributed by atoms with Gasteiger partial charge in [0.1, 0.15) is 6.04 Å². The summed E-state index contributed by atoms with van der Waals surface area (Å²) in [6.45, 7) is 5.44. The number of hydrogen-bond acceptors (Lipinski definition) is 5. The summed E-state index contributed by atoms with van der Waals surface area (Å²) in [4.78, 5) is 26.4. The first-order chi connectivity index (χ1) is 8.90. The zero-order valence-corrected chi connectivity index (χ0v) is 11.1. The third-order valence-electron chi connectivity index (χ3n) is 2.41. The summed E-state index contributed by atoms with van der Waals surface area (Å²) in [5, 5.41) is 17.5. The number of amides is 2. The highest BCUT2D eigenvalue weighted by Crippen LogP contribution is 2.01. The van der Waals surface area contributed by atoms with Crippen LogP contribution in [0.5, 0.6) is 0 Å². The van der Waals surface area contributed by atoms with Crippen molar-refractivity contribution in [3.8, 4) is 0 Å². The van der Waals surface area contributed by atoms with Gasteiger partial charge in [-0.05, 0) is 12.8 Å². The summed E-state index contributed by atoms with van der Waals surface area (Å²) in [5.74, 6) is -0.291. The fraction of sp³-hybridized carbons (Fsp3) is 0.636. The van der Waals surface area contributed by atoms with Crippen LogP contribution < -0.4 is 10.6 Å². The van der Waals surface area contributed by atoms with E-state index in [2.05, 4.69) is 20.8 Å². The van der Waals surface area contributed by atoms with Crippen LogP contribution >= 0.6 is 0 Å². The van der Waals surface area contributed by atoms with E-state index in [1.807, 2.05) is 0 Å². The van der Waals surface area contributed by atoms with Gasteiger partial charge < -0.3 is 20.3 Å². The summed E-state index contributed by atoms with van der Waals surface area (Å²) in [5.41, 5.74) is 0. The van der Waals surface area contributed by atoms with Gasteiger partial charge in [0.15, 0.2) is 5.82 Å². The van der Waals surface area contributed by atoms with Gasteiger partial charge in [0.2, 0.25) is 5.89 Å². The fourth-order valence-electron chi connectivity index (χ4n) is 1.43. The van der Waals surface area contributed by atoms with Crippen molar-refractivity contribution in [3.63, 3.8) is 0 Å². The predicted octanol–water partition coefficient (Wildman–Crippen LogP) is 0.329. The van der Waals surface area contributed by atoms with Crippen LogP contribution in [-0.2, 0) is 11.2 Å². The quantitative estimate of drug-likeness (QED) is 0.685. The Bertz CT molecular complexity index is 444. The molecule has 19 heavy (non-hydrogen) atoms. The average Bonchev–Trinajstić information content (AvgIpc) is 2.71. The molecule has 0 radical (unpaired) electrons. The number of hydrogen-bond donors (Lipinski definition) is 3. The highest BCUT2D eigenvalue weighted by Gasteiger charge is 2.23. The van der Waals surface area contributed by atoms with E-state index in [1.54, 1.807) is 20.8 Å². The number of carbonyl (C=O) groups is 2. The Kier molecular flexibility index (Phi) is 5.28. The van der Waals surface area contributed by atoms with E-state index in [4.69, 9.17) is 9.63 Å². The first kappa shape index (κ1) is 14.9. The second-order valence-electron chi connectivity index (χ2n) is 4.45. The van der Waals surface area contributed by atoms with Gasteiger partial charge in [0.05, 0.1) is 0 Å². The van der Waals surface area contributed by atoms with Gasteiger partial charge in [-0.1, -0.05) is 19.0 Å². The van der Waals surface area contributed by atoms with Gasteiger partial charge >= 0.3 is 12.0 Å². The summed E-state index contributed by atoms with van der Waals surface area (Å²) >= 11 is 0. The minimum Gasteiger partial charge on any atom is -0.480 e. The molecule has 106 valence electrons. The van der Waals surface area contributed by atoms with Gasteiger partial charge in [-0.15, -0.1) is 0 Å². The lowest BCUT2D eigenvalue weighted by Crippen LogP contribution is -2.48. The van der Waals surface area contributed by atoms with Gasteiger partial charge in [-0.3, -0.25) is 0 Å². The Morgan fingerprint density at radius 3 is 2.58 bits per heavy atom. The van der Waals surface area contributed by atoms with Crippen LogP contribution in [0.1, 0.15) is 25.6 Å². The number of carbonyl (C=O) groups excluding carboxylic acids is 1. The third kappa shape index (κ3) is 4.94. The Morgan fingerprint density at radius 2 is 2.11 bits per heavy atom. The van der Waals surface area contributed by atoms with E-state index >= 15 is 0 Å². The lowest BCUT2D eigenvalue weighted by Gasteiger charge is -2.17. The van der Waals surface area contributed by atoms with Crippen LogP contribution in [0.4, 0.5) is 4.79 Å². The molecule has 8 nitrogen and oxygen atoms in total. The molecular formula is C11H18N4O4. The van der Waals surface area contributed by atoms with Crippen LogP contribution in [0, 0.1) is 12.8 Å². The second kappa shape index (κ2) is 6.72. The van der Waals surface area contributed by atoms with Crippen molar-refractivity contribution in [2.75, 3.05) is 6.54 Å². The maximum absolute atomic E-state index is 11.5. The van der Waals surface area contributed by atoms with Crippen LogP contribution in [0.2, 0.25) is 0 Å². The summed E-state index contributed by atoms with van der Waals surface area (Å²) in [6, 6.07) is -1.44. The monoisotopic (exact) mass is 270 g/mol. The standard InChI is InChI=1S/C11H18N4O4/c1-6(2)9(10(16)17)14-11(18)12-5-4-8-13-7(3)15-19-8/h6,9H,4-5H2,1-3H3,(H,16,17)(H2,12,14,18). The lowest BCUT2D eigenvalue weighted by atomic mass is 10.1. The van der Waals surface area contributed by atoms with Crippen LogP contribution in [0.3, 0.4) is 0 Å². The number of nitrogens with one attached hydrogen (secondary N) is 2. The number of aromatic nitrogens is 2. The molecule has 0 fully saturated rings. The predicted molar refractivity (Wildman–Crippen MR) is 65.5 cm³/mol.